The van der Waals surface area contributed by atoms with Crippen LogP contribution in [0.15, 0.2) is 0 Å². The highest BCUT2D eigenvalue weighted by Gasteiger charge is 2.17. The summed E-state index contributed by atoms with van der Waals surface area (Å²) in [5.41, 5.74) is -0.176. The van der Waals surface area contributed by atoms with Gasteiger partial charge >= 0.3 is 12.1 Å². The third-order valence-electron chi connectivity index (χ3n) is 2.48. The van der Waals surface area contributed by atoms with Crippen molar-refractivity contribution in [2.75, 3.05) is 24.6 Å². The molecule has 0 aromatic rings. The standard InChI is InChI=1S/C15H28N4O4S2/c1-5-6-16-13(22)19-12(21)10-25-24-8-7-17-14(23)18-11(20)9-15(2,3)4/h5-10H2,1-4H3,(H2,16,19,21,22)(H2,17,18,20,23). The molecule has 0 saturated carbocycles. The zero-order valence-electron chi connectivity index (χ0n) is 15.2. The van der Waals surface area contributed by atoms with E-state index in [9.17, 15) is 19.2 Å². The molecule has 0 spiro atoms. The topological polar surface area (TPSA) is 116 Å². The maximum atomic E-state index is 11.6. The minimum Gasteiger partial charge on any atom is -0.338 e. The quantitative estimate of drug-likeness (QED) is 0.352. The molecule has 0 unspecified atom stereocenters. The highest BCUT2D eigenvalue weighted by molar-refractivity contribution is 8.76. The van der Waals surface area contributed by atoms with Crippen LogP contribution >= 0.6 is 21.6 Å². The second-order valence-corrected chi connectivity index (χ2v) is 9.01. The third kappa shape index (κ3) is 15.8. The Kier molecular flexibility index (Phi) is 12.1. The first-order valence-electron chi connectivity index (χ1n) is 8.04. The SMILES string of the molecule is CCCNC(=O)NC(=O)CSSCCNC(=O)NC(=O)CC(C)(C)C. The first-order chi connectivity index (χ1) is 11.6. The van der Waals surface area contributed by atoms with Gasteiger partial charge in [-0.05, 0) is 11.8 Å². The van der Waals surface area contributed by atoms with Gasteiger partial charge in [0.1, 0.15) is 0 Å². The van der Waals surface area contributed by atoms with E-state index < -0.39 is 12.1 Å². The molecule has 144 valence electrons. The van der Waals surface area contributed by atoms with Gasteiger partial charge in [0.25, 0.3) is 0 Å². The summed E-state index contributed by atoms with van der Waals surface area (Å²) in [4.78, 5) is 45.8. The largest absolute Gasteiger partial charge is 0.338 e. The van der Waals surface area contributed by atoms with Crippen molar-refractivity contribution in [3.63, 3.8) is 0 Å². The molecule has 0 aromatic heterocycles. The van der Waals surface area contributed by atoms with Crippen molar-refractivity contribution in [2.24, 2.45) is 5.41 Å². The number of imide groups is 2. The van der Waals surface area contributed by atoms with Crippen molar-refractivity contribution < 1.29 is 19.2 Å². The molecule has 0 fully saturated rings. The Morgan fingerprint density at radius 2 is 1.40 bits per heavy atom. The first kappa shape index (κ1) is 23.6. The molecule has 10 heteroatoms. The molecular weight excluding hydrogens is 364 g/mol. The van der Waals surface area contributed by atoms with E-state index in [4.69, 9.17) is 0 Å². The van der Waals surface area contributed by atoms with E-state index in [2.05, 4.69) is 21.3 Å². The average Bonchev–Trinajstić information content (AvgIpc) is 2.46. The van der Waals surface area contributed by atoms with Gasteiger partial charge < -0.3 is 10.6 Å². The van der Waals surface area contributed by atoms with Crippen LogP contribution in [0.3, 0.4) is 0 Å². The minimum atomic E-state index is -0.523. The highest BCUT2D eigenvalue weighted by Crippen LogP contribution is 2.19. The molecule has 0 saturated heterocycles. The monoisotopic (exact) mass is 392 g/mol. The Hall–Kier alpha value is -1.42. The number of nitrogens with one attached hydrogen (secondary N) is 4. The molecule has 4 N–H and O–H groups in total. The maximum Gasteiger partial charge on any atom is 0.321 e. The van der Waals surface area contributed by atoms with E-state index in [-0.39, 0.29) is 29.4 Å². The zero-order chi connectivity index (χ0) is 19.3. The molecule has 0 aliphatic rings. The van der Waals surface area contributed by atoms with Gasteiger partial charge in [0.15, 0.2) is 0 Å². The lowest BCUT2D eigenvalue weighted by molar-refractivity contribution is -0.121. The van der Waals surface area contributed by atoms with Gasteiger partial charge in [-0.25, -0.2) is 9.59 Å². The van der Waals surface area contributed by atoms with Crippen LogP contribution in [0, 0.1) is 5.41 Å². The summed E-state index contributed by atoms with van der Waals surface area (Å²) < 4.78 is 0. The van der Waals surface area contributed by atoms with Crippen molar-refractivity contribution in [2.45, 2.75) is 40.5 Å². The number of urea groups is 2. The number of rotatable bonds is 9. The van der Waals surface area contributed by atoms with Gasteiger partial charge in [-0.1, -0.05) is 49.3 Å². The molecule has 0 atom stereocenters. The summed E-state index contributed by atoms with van der Waals surface area (Å²) in [5, 5.41) is 9.61. The van der Waals surface area contributed by atoms with Crippen LogP contribution in [-0.4, -0.2) is 48.5 Å². The number of hydrogen-bond acceptors (Lipinski definition) is 6. The van der Waals surface area contributed by atoms with E-state index >= 15 is 0 Å². The molecule has 0 aromatic carbocycles. The molecule has 8 nitrogen and oxygen atoms in total. The van der Waals surface area contributed by atoms with Crippen molar-refractivity contribution >= 4 is 45.5 Å². The predicted molar refractivity (Wildman–Crippen MR) is 102 cm³/mol. The number of hydrogen-bond donors (Lipinski definition) is 4. The van der Waals surface area contributed by atoms with Gasteiger partial charge in [-0.3, -0.25) is 20.2 Å². The van der Waals surface area contributed by atoms with Crippen molar-refractivity contribution in [1.29, 1.82) is 0 Å². The summed E-state index contributed by atoms with van der Waals surface area (Å²) in [5.74, 6) is 0.0241. The lowest BCUT2D eigenvalue weighted by atomic mass is 9.92. The summed E-state index contributed by atoms with van der Waals surface area (Å²) >= 11 is 0. The molecule has 0 radical (unpaired) electrons. The molecule has 6 amide bonds. The fourth-order valence-corrected chi connectivity index (χ4v) is 3.24. The zero-order valence-corrected chi connectivity index (χ0v) is 16.8. The van der Waals surface area contributed by atoms with Crippen LogP contribution in [0.2, 0.25) is 0 Å². The Bertz CT molecular complexity index is 467. The summed E-state index contributed by atoms with van der Waals surface area (Å²) in [6, 6.07) is -1.01. The summed E-state index contributed by atoms with van der Waals surface area (Å²) in [6.07, 6.45) is 1.07. The van der Waals surface area contributed by atoms with Crippen molar-refractivity contribution in [3.8, 4) is 0 Å². The van der Waals surface area contributed by atoms with E-state index in [0.29, 0.717) is 18.8 Å². The van der Waals surface area contributed by atoms with Crippen molar-refractivity contribution in [1.82, 2.24) is 21.3 Å². The van der Waals surface area contributed by atoms with Crippen LogP contribution in [-0.2, 0) is 9.59 Å². The number of amides is 6. The fraction of sp³-hybridized carbons (Fsp3) is 0.733. The first-order valence-corrected chi connectivity index (χ1v) is 10.5. The van der Waals surface area contributed by atoms with Crippen LogP contribution in [0.4, 0.5) is 9.59 Å². The molecular formula is C15H28N4O4S2. The van der Waals surface area contributed by atoms with Gasteiger partial charge in [-0.15, -0.1) is 0 Å². The summed E-state index contributed by atoms with van der Waals surface area (Å²) in [6.45, 7) is 8.56. The smallest absolute Gasteiger partial charge is 0.321 e. The van der Waals surface area contributed by atoms with Crippen LogP contribution in [0.25, 0.3) is 0 Å². The molecule has 0 aliphatic carbocycles. The number of carbonyl (C=O) groups is 4. The van der Waals surface area contributed by atoms with Gasteiger partial charge in [0, 0.05) is 25.3 Å². The van der Waals surface area contributed by atoms with E-state index in [1.807, 2.05) is 27.7 Å². The van der Waals surface area contributed by atoms with Crippen LogP contribution < -0.4 is 21.3 Å². The number of carbonyl (C=O) groups excluding carboxylic acids is 4. The van der Waals surface area contributed by atoms with Crippen LogP contribution in [0.1, 0.15) is 40.5 Å². The van der Waals surface area contributed by atoms with E-state index in [1.54, 1.807) is 0 Å². The van der Waals surface area contributed by atoms with Gasteiger partial charge in [0.05, 0.1) is 5.75 Å². The second kappa shape index (κ2) is 12.9. The predicted octanol–water partition coefficient (Wildman–Crippen LogP) is 1.87. The Morgan fingerprint density at radius 1 is 0.840 bits per heavy atom. The Morgan fingerprint density at radius 3 is 1.96 bits per heavy atom. The fourth-order valence-electron chi connectivity index (χ4n) is 1.50. The molecule has 25 heavy (non-hydrogen) atoms. The van der Waals surface area contributed by atoms with E-state index in [1.165, 1.54) is 21.6 Å². The molecule has 0 bridgehead atoms. The van der Waals surface area contributed by atoms with E-state index in [0.717, 1.165) is 6.42 Å². The molecule has 0 rings (SSSR count). The minimum absolute atomic E-state index is 0.139. The summed E-state index contributed by atoms with van der Waals surface area (Å²) in [7, 11) is 2.68. The lowest BCUT2D eigenvalue weighted by Gasteiger charge is -2.16. The maximum absolute atomic E-state index is 11.6. The second-order valence-electron chi connectivity index (χ2n) is 6.43. The highest BCUT2D eigenvalue weighted by atomic mass is 33.1. The van der Waals surface area contributed by atoms with Gasteiger partial charge in [-0.2, -0.15) is 0 Å². The van der Waals surface area contributed by atoms with Crippen LogP contribution in [0.5, 0.6) is 0 Å². The average molecular weight is 393 g/mol. The normalized spacial score (nSPS) is 10.7. The third-order valence-corrected chi connectivity index (χ3v) is 4.75. The molecule has 0 aliphatic heterocycles. The Labute approximate surface area is 156 Å². The van der Waals surface area contributed by atoms with Crippen molar-refractivity contribution in [3.05, 3.63) is 0 Å². The molecule has 0 heterocycles. The Balaban J connectivity index is 3.66. The van der Waals surface area contributed by atoms with Gasteiger partial charge in [0.2, 0.25) is 11.8 Å². The lowest BCUT2D eigenvalue weighted by Crippen LogP contribution is -2.41.